The summed E-state index contributed by atoms with van der Waals surface area (Å²) in [5.74, 6) is 1.75. The standard InChI is InChI=1S/C20H20FN3O3/c1-2-19-23-15-9-17-18(27-8-7-26-17)10-16(15)24(19)12-20(25)22-11-13-3-5-14(21)6-4-13/h3-6,9-10H,2,7-8,11-12H2,1H3,(H,22,25). The highest BCUT2D eigenvalue weighted by Crippen LogP contribution is 2.34. The van der Waals surface area contributed by atoms with E-state index in [1.165, 1.54) is 12.1 Å². The molecule has 3 aromatic rings. The molecule has 0 saturated carbocycles. The van der Waals surface area contributed by atoms with Gasteiger partial charge in [0.05, 0.1) is 11.0 Å². The van der Waals surface area contributed by atoms with Crippen LogP contribution in [0.3, 0.4) is 0 Å². The minimum absolute atomic E-state index is 0.136. The number of imidazole rings is 1. The minimum atomic E-state index is -0.294. The lowest BCUT2D eigenvalue weighted by molar-refractivity contribution is -0.121. The number of amides is 1. The number of benzene rings is 2. The second-order valence-corrected chi connectivity index (χ2v) is 6.36. The molecule has 27 heavy (non-hydrogen) atoms. The number of carbonyl (C=O) groups excluding carboxylic acids is 1. The maximum absolute atomic E-state index is 13.0. The first-order valence-corrected chi connectivity index (χ1v) is 8.94. The van der Waals surface area contributed by atoms with Crippen molar-refractivity contribution in [2.24, 2.45) is 0 Å². The Bertz CT molecular complexity index is 982. The molecular formula is C20H20FN3O3. The number of carbonyl (C=O) groups is 1. The Morgan fingerprint density at radius 2 is 1.89 bits per heavy atom. The molecule has 7 heteroatoms. The molecule has 0 atom stereocenters. The summed E-state index contributed by atoms with van der Waals surface area (Å²) < 4.78 is 26.1. The Balaban J connectivity index is 1.54. The van der Waals surface area contributed by atoms with Gasteiger partial charge in [0.1, 0.15) is 31.4 Å². The van der Waals surface area contributed by atoms with Crippen LogP contribution in [0.4, 0.5) is 4.39 Å². The summed E-state index contributed by atoms with van der Waals surface area (Å²) in [4.78, 5) is 17.1. The number of rotatable bonds is 5. The summed E-state index contributed by atoms with van der Waals surface area (Å²) in [6.45, 7) is 3.53. The smallest absolute Gasteiger partial charge is 0.240 e. The van der Waals surface area contributed by atoms with Crippen molar-refractivity contribution >= 4 is 16.9 Å². The van der Waals surface area contributed by atoms with E-state index in [-0.39, 0.29) is 18.3 Å². The van der Waals surface area contributed by atoms with Crippen LogP contribution in [0, 0.1) is 5.82 Å². The molecule has 1 amide bonds. The molecule has 1 aliphatic rings. The molecule has 1 N–H and O–H groups in total. The third-order valence-electron chi connectivity index (χ3n) is 4.51. The Kier molecular flexibility index (Phi) is 4.66. The van der Waals surface area contributed by atoms with Crippen molar-refractivity contribution in [1.29, 1.82) is 0 Å². The van der Waals surface area contributed by atoms with Crippen molar-refractivity contribution in [1.82, 2.24) is 14.9 Å². The first kappa shape index (κ1) is 17.3. The highest BCUT2D eigenvalue weighted by molar-refractivity contribution is 5.83. The Hall–Kier alpha value is -3.09. The summed E-state index contributed by atoms with van der Waals surface area (Å²) in [6.07, 6.45) is 0.701. The number of nitrogens with zero attached hydrogens (tertiary/aromatic N) is 2. The minimum Gasteiger partial charge on any atom is -0.486 e. The fraction of sp³-hybridized carbons (Fsp3) is 0.300. The molecular weight excluding hydrogens is 349 g/mol. The quantitative estimate of drug-likeness (QED) is 0.751. The van der Waals surface area contributed by atoms with Gasteiger partial charge in [0.15, 0.2) is 11.5 Å². The molecule has 0 saturated heterocycles. The fourth-order valence-corrected chi connectivity index (χ4v) is 3.16. The molecule has 140 valence electrons. The molecule has 0 fully saturated rings. The number of ether oxygens (including phenoxy) is 2. The lowest BCUT2D eigenvalue weighted by Crippen LogP contribution is -2.27. The molecule has 0 unspecified atom stereocenters. The van der Waals surface area contributed by atoms with Gasteiger partial charge in [0, 0.05) is 25.1 Å². The van der Waals surface area contributed by atoms with Gasteiger partial charge in [-0.1, -0.05) is 19.1 Å². The van der Waals surface area contributed by atoms with Gasteiger partial charge >= 0.3 is 0 Å². The van der Waals surface area contributed by atoms with E-state index in [1.807, 2.05) is 23.6 Å². The fourth-order valence-electron chi connectivity index (χ4n) is 3.16. The molecule has 0 radical (unpaired) electrons. The van der Waals surface area contributed by atoms with E-state index in [4.69, 9.17) is 9.47 Å². The van der Waals surface area contributed by atoms with E-state index in [2.05, 4.69) is 10.3 Å². The van der Waals surface area contributed by atoms with Crippen molar-refractivity contribution in [3.63, 3.8) is 0 Å². The summed E-state index contributed by atoms with van der Waals surface area (Å²) in [5.41, 5.74) is 2.46. The number of nitrogens with one attached hydrogen (secondary N) is 1. The van der Waals surface area contributed by atoms with Crippen molar-refractivity contribution in [2.45, 2.75) is 26.4 Å². The molecule has 2 heterocycles. The maximum atomic E-state index is 13.0. The average Bonchev–Trinajstić information content (AvgIpc) is 3.02. The second kappa shape index (κ2) is 7.26. The van der Waals surface area contributed by atoms with Crippen LogP contribution in [0.1, 0.15) is 18.3 Å². The third kappa shape index (κ3) is 3.58. The highest BCUT2D eigenvalue weighted by Gasteiger charge is 2.18. The summed E-state index contributed by atoms with van der Waals surface area (Å²) in [6, 6.07) is 9.81. The monoisotopic (exact) mass is 369 g/mol. The van der Waals surface area contributed by atoms with Crippen LogP contribution in [0.2, 0.25) is 0 Å². The van der Waals surface area contributed by atoms with Gasteiger partial charge in [-0.3, -0.25) is 4.79 Å². The first-order valence-electron chi connectivity index (χ1n) is 8.94. The average molecular weight is 369 g/mol. The number of fused-ring (bicyclic) bond motifs is 2. The second-order valence-electron chi connectivity index (χ2n) is 6.36. The number of halogens is 1. The van der Waals surface area contributed by atoms with E-state index in [1.54, 1.807) is 12.1 Å². The van der Waals surface area contributed by atoms with E-state index in [0.29, 0.717) is 37.7 Å². The van der Waals surface area contributed by atoms with Crippen LogP contribution in [-0.2, 0) is 24.3 Å². The van der Waals surface area contributed by atoms with E-state index >= 15 is 0 Å². The van der Waals surface area contributed by atoms with Gasteiger partial charge in [-0.15, -0.1) is 0 Å². The van der Waals surface area contributed by atoms with E-state index < -0.39 is 0 Å². The van der Waals surface area contributed by atoms with Crippen molar-refractivity contribution < 1.29 is 18.7 Å². The lowest BCUT2D eigenvalue weighted by Gasteiger charge is -2.18. The molecule has 0 bridgehead atoms. The maximum Gasteiger partial charge on any atom is 0.240 e. The van der Waals surface area contributed by atoms with Crippen LogP contribution in [0.25, 0.3) is 11.0 Å². The predicted octanol–water partition coefficient (Wildman–Crippen LogP) is 2.83. The van der Waals surface area contributed by atoms with Crippen LogP contribution in [0.15, 0.2) is 36.4 Å². The number of hydrogen-bond acceptors (Lipinski definition) is 4. The Morgan fingerprint density at radius 1 is 1.19 bits per heavy atom. The zero-order valence-electron chi connectivity index (χ0n) is 15.0. The summed E-state index contributed by atoms with van der Waals surface area (Å²) in [7, 11) is 0. The van der Waals surface area contributed by atoms with E-state index in [9.17, 15) is 9.18 Å². The van der Waals surface area contributed by atoms with Gasteiger partial charge in [-0.2, -0.15) is 0 Å². The first-order chi connectivity index (χ1) is 13.1. The topological polar surface area (TPSA) is 65.4 Å². The Morgan fingerprint density at radius 3 is 2.59 bits per heavy atom. The molecule has 4 rings (SSSR count). The molecule has 2 aromatic carbocycles. The molecule has 1 aromatic heterocycles. The SMILES string of the molecule is CCc1nc2cc3c(cc2n1CC(=O)NCc1ccc(F)cc1)OCCO3. The van der Waals surface area contributed by atoms with Gasteiger partial charge < -0.3 is 19.4 Å². The van der Waals surface area contributed by atoms with Gasteiger partial charge in [-0.25, -0.2) is 9.37 Å². The molecule has 6 nitrogen and oxygen atoms in total. The Labute approximate surface area is 155 Å². The van der Waals surface area contributed by atoms with Crippen LogP contribution >= 0.6 is 0 Å². The lowest BCUT2D eigenvalue weighted by atomic mass is 10.2. The van der Waals surface area contributed by atoms with Crippen LogP contribution < -0.4 is 14.8 Å². The van der Waals surface area contributed by atoms with Gasteiger partial charge in [0.2, 0.25) is 5.91 Å². The van der Waals surface area contributed by atoms with Crippen molar-refractivity contribution in [2.75, 3.05) is 13.2 Å². The normalized spacial score (nSPS) is 13.0. The van der Waals surface area contributed by atoms with Crippen molar-refractivity contribution in [3.05, 3.63) is 53.6 Å². The zero-order chi connectivity index (χ0) is 18.8. The molecule has 1 aliphatic heterocycles. The van der Waals surface area contributed by atoms with Crippen molar-refractivity contribution in [3.8, 4) is 11.5 Å². The molecule has 0 spiro atoms. The predicted molar refractivity (Wildman–Crippen MR) is 98.3 cm³/mol. The van der Waals surface area contributed by atoms with Gasteiger partial charge in [-0.05, 0) is 17.7 Å². The summed E-state index contributed by atoms with van der Waals surface area (Å²) in [5, 5.41) is 2.87. The highest BCUT2D eigenvalue weighted by atomic mass is 19.1. The van der Waals surface area contributed by atoms with Gasteiger partial charge in [0.25, 0.3) is 0 Å². The number of hydrogen-bond donors (Lipinski definition) is 1. The van der Waals surface area contributed by atoms with Crippen LogP contribution in [-0.4, -0.2) is 28.7 Å². The third-order valence-corrected chi connectivity index (χ3v) is 4.51. The number of aryl methyl sites for hydroxylation is 1. The summed E-state index contributed by atoms with van der Waals surface area (Å²) >= 11 is 0. The number of aromatic nitrogens is 2. The molecule has 0 aliphatic carbocycles. The zero-order valence-corrected chi connectivity index (χ0v) is 15.0. The largest absolute Gasteiger partial charge is 0.486 e. The van der Waals surface area contributed by atoms with E-state index in [0.717, 1.165) is 22.4 Å². The van der Waals surface area contributed by atoms with Crippen LogP contribution in [0.5, 0.6) is 11.5 Å².